The third-order valence-electron chi connectivity index (χ3n) is 5.42. The SMILES string of the molecule is CCCNC(=S)N(CC[NH+]1CCCC1)Cc1cc2cc(OCC)ccc2[nH]c1=O. The van der Waals surface area contributed by atoms with Crippen LogP contribution in [0.1, 0.15) is 38.7 Å². The Morgan fingerprint density at radius 3 is 2.79 bits per heavy atom. The van der Waals surface area contributed by atoms with Crippen LogP contribution in [0.3, 0.4) is 0 Å². The maximum atomic E-state index is 12.7. The summed E-state index contributed by atoms with van der Waals surface area (Å²) in [4.78, 5) is 19.5. The number of hydrogen-bond acceptors (Lipinski definition) is 3. The second-order valence-corrected chi connectivity index (χ2v) is 8.05. The first-order chi connectivity index (χ1) is 14.1. The Bertz CT molecular complexity index is 877. The second kappa shape index (κ2) is 10.6. The third kappa shape index (κ3) is 5.93. The van der Waals surface area contributed by atoms with Gasteiger partial charge in [0.25, 0.3) is 5.56 Å². The van der Waals surface area contributed by atoms with Crippen LogP contribution in [-0.4, -0.2) is 54.3 Å². The van der Waals surface area contributed by atoms with Crippen LogP contribution in [0.4, 0.5) is 0 Å². The monoisotopic (exact) mass is 417 g/mol. The van der Waals surface area contributed by atoms with Crippen LogP contribution >= 0.6 is 12.2 Å². The number of benzene rings is 1. The van der Waals surface area contributed by atoms with E-state index >= 15 is 0 Å². The third-order valence-corrected chi connectivity index (χ3v) is 5.83. The molecule has 0 atom stereocenters. The molecule has 0 amide bonds. The highest BCUT2D eigenvalue weighted by Gasteiger charge is 2.19. The number of fused-ring (bicyclic) bond motifs is 1. The van der Waals surface area contributed by atoms with Crippen molar-refractivity contribution in [1.29, 1.82) is 0 Å². The molecular formula is C22H33N4O2S+. The van der Waals surface area contributed by atoms with Crippen molar-refractivity contribution in [3.8, 4) is 5.75 Å². The molecule has 1 aromatic carbocycles. The highest BCUT2D eigenvalue weighted by atomic mass is 32.1. The van der Waals surface area contributed by atoms with Crippen LogP contribution in [0.15, 0.2) is 29.1 Å². The van der Waals surface area contributed by atoms with Crippen LogP contribution in [0.2, 0.25) is 0 Å². The molecule has 6 nitrogen and oxygen atoms in total. The summed E-state index contributed by atoms with van der Waals surface area (Å²) in [5.41, 5.74) is 1.49. The number of H-pyrrole nitrogens is 1. The Balaban J connectivity index is 1.79. The van der Waals surface area contributed by atoms with Crippen molar-refractivity contribution in [2.45, 2.75) is 39.7 Å². The van der Waals surface area contributed by atoms with Gasteiger partial charge in [-0.05, 0) is 49.8 Å². The van der Waals surface area contributed by atoms with Crippen molar-refractivity contribution in [1.82, 2.24) is 15.2 Å². The van der Waals surface area contributed by atoms with E-state index in [4.69, 9.17) is 17.0 Å². The summed E-state index contributed by atoms with van der Waals surface area (Å²) in [6.45, 7) is 10.4. The molecule has 2 aromatic rings. The molecule has 1 aliphatic rings. The fourth-order valence-corrected chi connectivity index (χ4v) is 4.08. The first kappa shape index (κ1) is 21.6. The molecule has 2 heterocycles. The van der Waals surface area contributed by atoms with E-state index in [1.807, 2.05) is 31.2 Å². The Morgan fingerprint density at radius 2 is 2.07 bits per heavy atom. The fraction of sp³-hybridized carbons (Fsp3) is 0.545. The summed E-state index contributed by atoms with van der Waals surface area (Å²) < 4.78 is 5.61. The molecule has 7 heteroatoms. The number of pyridine rings is 1. The van der Waals surface area contributed by atoms with Gasteiger partial charge in [-0.3, -0.25) is 4.79 Å². The van der Waals surface area contributed by atoms with E-state index < -0.39 is 0 Å². The predicted molar refractivity (Wildman–Crippen MR) is 122 cm³/mol. The first-order valence-corrected chi connectivity index (χ1v) is 11.2. The minimum absolute atomic E-state index is 0.0570. The molecule has 1 fully saturated rings. The molecule has 29 heavy (non-hydrogen) atoms. The lowest BCUT2D eigenvalue weighted by molar-refractivity contribution is -0.886. The highest BCUT2D eigenvalue weighted by molar-refractivity contribution is 7.80. The van der Waals surface area contributed by atoms with Crippen LogP contribution < -0.4 is 20.5 Å². The van der Waals surface area contributed by atoms with E-state index in [2.05, 4.69) is 22.1 Å². The standard InChI is InChI=1S/C22H32N4O2S/c1-3-9-23-22(29)26(13-12-25-10-5-6-11-25)16-18-14-17-15-19(28-4-2)7-8-20(17)24-21(18)27/h7-8,14-15H,3-6,9-13,16H2,1-2H3,(H,23,29)(H,24,27)/p+1. The van der Waals surface area contributed by atoms with E-state index in [1.165, 1.54) is 25.9 Å². The van der Waals surface area contributed by atoms with Gasteiger partial charge in [-0.1, -0.05) is 6.92 Å². The van der Waals surface area contributed by atoms with Gasteiger partial charge in [0, 0.05) is 35.9 Å². The van der Waals surface area contributed by atoms with E-state index in [0.29, 0.717) is 13.2 Å². The summed E-state index contributed by atoms with van der Waals surface area (Å²) in [5.74, 6) is 0.813. The number of rotatable bonds is 9. The van der Waals surface area contributed by atoms with Gasteiger partial charge >= 0.3 is 0 Å². The maximum absolute atomic E-state index is 12.7. The van der Waals surface area contributed by atoms with E-state index in [-0.39, 0.29) is 5.56 Å². The van der Waals surface area contributed by atoms with Gasteiger partial charge in [-0.25, -0.2) is 0 Å². The zero-order valence-electron chi connectivity index (χ0n) is 17.6. The van der Waals surface area contributed by atoms with Crippen LogP contribution in [0.5, 0.6) is 5.75 Å². The van der Waals surface area contributed by atoms with Crippen molar-refractivity contribution in [2.24, 2.45) is 0 Å². The minimum Gasteiger partial charge on any atom is -0.494 e. The molecule has 0 radical (unpaired) electrons. The average molecular weight is 418 g/mol. The van der Waals surface area contributed by atoms with Gasteiger partial charge < -0.3 is 24.8 Å². The number of likely N-dealkylation sites (tertiary alicyclic amines) is 1. The Labute approximate surface area is 178 Å². The van der Waals surface area contributed by atoms with E-state index in [0.717, 1.165) is 53.4 Å². The molecule has 0 unspecified atom stereocenters. The van der Waals surface area contributed by atoms with Gasteiger partial charge in [0.15, 0.2) is 5.11 Å². The van der Waals surface area contributed by atoms with Gasteiger partial charge in [0.1, 0.15) is 5.75 Å². The summed E-state index contributed by atoms with van der Waals surface area (Å²) in [5, 5.41) is 5.03. The minimum atomic E-state index is -0.0570. The molecule has 0 bridgehead atoms. The Morgan fingerprint density at radius 1 is 1.28 bits per heavy atom. The topological polar surface area (TPSA) is 61.8 Å². The quantitative estimate of drug-likeness (QED) is 0.542. The number of ether oxygens (including phenoxy) is 1. The molecule has 3 rings (SSSR count). The number of aromatic nitrogens is 1. The van der Waals surface area contributed by atoms with Crippen LogP contribution in [0, 0.1) is 0 Å². The molecule has 1 saturated heterocycles. The fourth-order valence-electron chi connectivity index (χ4n) is 3.82. The molecule has 0 saturated carbocycles. The van der Waals surface area contributed by atoms with E-state index in [1.54, 1.807) is 4.90 Å². The number of thiocarbonyl (C=S) groups is 1. The summed E-state index contributed by atoms with van der Waals surface area (Å²) in [6.07, 6.45) is 3.63. The van der Waals surface area contributed by atoms with Crippen molar-refractivity contribution < 1.29 is 9.64 Å². The van der Waals surface area contributed by atoms with Crippen molar-refractivity contribution >= 4 is 28.2 Å². The van der Waals surface area contributed by atoms with Crippen molar-refractivity contribution in [3.05, 3.63) is 40.2 Å². The number of hydrogen-bond donors (Lipinski definition) is 3. The maximum Gasteiger partial charge on any atom is 0.253 e. The largest absolute Gasteiger partial charge is 0.494 e. The lowest BCUT2D eigenvalue weighted by Gasteiger charge is -2.27. The summed E-state index contributed by atoms with van der Waals surface area (Å²) in [6, 6.07) is 7.73. The van der Waals surface area contributed by atoms with Gasteiger partial charge in [0.2, 0.25) is 0 Å². The molecule has 0 aliphatic carbocycles. The van der Waals surface area contributed by atoms with Gasteiger partial charge in [-0.2, -0.15) is 0 Å². The lowest BCUT2D eigenvalue weighted by atomic mass is 10.1. The van der Waals surface area contributed by atoms with Crippen molar-refractivity contribution in [2.75, 3.05) is 39.3 Å². The molecule has 1 aromatic heterocycles. The number of aromatic amines is 1. The van der Waals surface area contributed by atoms with Crippen molar-refractivity contribution in [3.63, 3.8) is 0 Å². The molecule has 3 N–H and O–H groups in total. The Kier molecular flexibility index (Phi) is 7.89. The van der Waals surface area contributed by atoms with Gasteiger partial charge in [0.05, 0.1) is 39.3 Å². The zero-order valence-corrected chi connectivity index (χ0v) is 18.4. The molecule has 158 valence electrons. The number of nitrogens with one attached hydrogen (secondary N) is 3. The summed E-state index contributed by atoms with van der Waals surface area (Å²) >= 11 is 5.65. The summed E-state index contributed by atoms with van der Waals surface area (Å²) in [7, 11) is 0. The number of nitrogens with zero attached hydrogens (tertiary/aromatic N) is 1. The van der Waals surface area contributed by atoms with E-state index in [9.17, 15) is 4.79 Å². The predicted octanol–water partition coefficient (Wildman–Crippen LogP) is 1.69. The van der Waals surface area contributed by atoms with Crippen LogP contribution in [0.25, 0.3) is 10.9 Å². The normalized spacial score (nSPS) is 14.3. The zero-order chi connectivity index (χ0) is 20.6. The first-order valence-electron chi connectivity index (χ1n) is 10.8. The smallest absolute Gasteiger partial charge is 0.253 e. The lowest BCUT2D eigenvalue weighted by Crippen LogP contribution is -3.10. The van der Waals surface area contributed by atoms with Crippen LogP contribution in [-0.2, 0) is 6.54 Å². The number of quaternary nitrogens is 1. The average Bonchev–Trinajstić information content (AvgIpc) is 3.23. The molecular weight excluding hydrogens is 384 g/mol. The highest BCUT2D eigenvalue weighted by Crippen LogP contribution is 2.19. The second-order valence-electron chi connectivity index (χ2n) is 7.67. The Hall–Kier alpha value is -2.12. The molecule has 1 aliphatic heterocycles. The van der Waals surface area contributed by atoms with Gasteiger partial charge in [-0.15, -0.1) is 0 Å². The molecule has 0 spiro atoms.